The van der Waals surface area contributed by atoms with Crippen LogP contribution < -0.4 is 0 Å². The van der Waals surface area contributed by atoms with Crippen molar-refractivity contribution in [2.75, 3.05) is 45.4 Å². The predicted octanol–water partition coefficient (Wildman–Crippen LogP) is 1.92. The van der Waals surface area contributed by atoms with Crippen LogP contribution in [-0.4, -0.2) is 60.1 Å². The van der Waals surface area contributed by atoms with Crippen molar-refractivity contribution in [3.8, 4) is 0 Å². The predicted molar refractivity (Wildman–Crippen MR) is 73.8 cm³/mol. The van der Waals surface area contributed by atoms with E-state index in [1.54, 1.807) is 0 Å². The van der Waals surface area contributed by atoms with Crippen molar-refractivity contribution in [1.82, 2.24) is 14.7 Å². The van der Waals surface area contributed by atoms with Gasteiger partial charge in [-0.3, -0.25) is 14.7 Å². The molecule has 1 saturated heterocycles. The lowest BCUT2D eigenvalue weighted by atomic mass is 10.3. The molecular weight excluding hydrogens is 218 g/mol. The molecule has 1 fully saturated rings. The maximum atomic E-state index is 4.29. The molecule has 0 aliphatic carbocycles. The summed E-state index contributed by atoms with van der Waals surface area (Å²) in [7, 11) is 0. The summed E-state index contributed by atoms with van der Waals surface area (Å²) < 4.78 is 0. The van der Waals surface area contributed by atoms with Crippen LogP contribution in [0.25, 0.3) is 0 Å². The van der Waals surface area contributed by atoms with Crippen molar-refractivity contribution in [3.63, 3.8) is 0 Å². The molecule has 1 aliphatic rings. The van der Waals surface area contributed by atoms with Gasteiger partial charge in [0, 0.05) is 19.6 Å². The first kappa shape index (κ1) is 14.3. The third kappa shape index (κ3) is 5.04. The van der Waals surface area contributed by atoms with Crippen molar-refractivity contribution in [2.45, 2.75) is 33.1 Å². The van der Waals surface area contributed by atoms with Gasteiger partial charge in [0.05, 0.1) is 20.0 Å². The maximum Gasteiger partial charge on any atom is 0.0529 e. The topological polar surface area (TPSA) is 9.72 Å². The highest BCUT2D eigenvalue weighted by molar-refractivity contribution is 7.80. The highest BCUT2D eigenvalue weighted by Crippen LogP contribution is 2.09. The fraction of sp³-hybridized carbons (Fsp3) is 1.00. The smallest absolute Gasteiger partial charge is 0.0529 e. The average Bonchev–Trinajstić information content (AvgIpc) is 2.27. The first-order valence-electron chi connectivity index (χ1n) is 6.58. The second-order valence-corrected chi connectivity index (χ2v) is 5.13. The molecular formula is C12H27N3S. The third-order valence-corrected chi connectivity index (χ3v) is 3.23. The normalized spacial score (nSPS) is 20.4. The Kier molecular flexibility index (Phi) is 7.45. The van der Waals surface area contributed by atoms with E-state index in [9.17, 15) is 0 Å². The summed E-state index contributed by atoms with van der Waals surface area (Å²) in [6, 6.07) is 0. The average molecular weight is 245 g/mol. The molecule has 0 atom stereocenters. The Morgan fingerprint density at radius 3 is 1.62 bits per heavy atom. The van der Waals surface area contributed by atoms with Crippen molar-refractivity contribution in [1.29, 1.82) is 0 Å². The standard InChI is InChI=1S/C12H27N3S/c1-3-6-13-10-14(7-4-2)12-15(11-13)8-5-9-16/h16H,3-12H2,1-2H3. The van der Waals surface area contributed by atoms with Gasteiger partial charge < -0.3 is 0 Å². The minimum Gasteiger partial charge on any atom is -0.277 e. The summed E-state index contributed by atoms with van der Waals surface area (Å²) in [6.07, 6.45) is 3.70. The summed E-state index contributed by atoms with van der Waals surface area (Å²) in [5.41, 5.74) is 0. The molecule has 1 heterocycles. The van der Waals surface area contributed by atoms with Gasteiger partial charge in [-0.15, -0.1) is 0 Å². The third-order valence-electron chi connectivity index (χ3n) is 2.91. The Labute approximate surface area is 106 Å². The second kappa shape index (κ2) is 8.34. The van der Waals surface area contributed by atoms with Crippen LogP contribution in [0.5, 0.6) is 0 Å². The zero-order valence-corrected chi connectivity index (χ0v) is 11.8. The largest absolute Gasteiger partial charge is 0.277 e. The molecule has 4 heteroatoms. The molecule has 1 rings (SSSR count). The minimum absolute atomic E-state index is 0.998. The van der Waals surface area contributed by atoms with Gasteiger partial charge in [0.1, 0.15) is 0 Å². The molecule has 0 bridgehead atoms. The lowest BCUT2D eigenvalue weighted by Crippen LogP contribution is -2.55. The number of hydrogen-bond donors (Lipinski definition) is 1. The maximum absolute atomic E-state index is 4.29. The van der Waals surface area contributed by atoms with Crippen LogP contribution >= 0.6 is 12.6 Å². The summed E-state index contributed by atoms with van der Waals surface area (Å²) in [6.45, 7) is 11.6. The van der Waals surface area contributed by atoms with Crippen molar-refractivity contribution >= 4 is 12.6 Å². The summed E-state index contributed by atoms with van der Waals surface area (Å²) in [5.74, 6) is 0.998. The Morgan fingerprint density at radius 2 is 1.25 bits per heavy atom. The van der Waals surface area contributed by atoms with Crippen LogP contribution in [0.1, 0.15) is 33.1 Å². The fourth-order valence-corrected chi connectivity index (χ4v) is 2.48. The van der Waals surface area contributed by atoms with Crippen LogP contribution in [0.2, 0.25) is 0 Å². The molecule has 96 valence electrons. The molecule has 0 amide bonds. The van der Waals surface area contributed by atoms with Gasteiger partial charge in [-0.05, 0) is 25.0 Å². The number of thiol groups is 1. The van der Waals surface area contributed by atoms with Gasteiger partial charge in [0.2, 0.25) is 0 Å². The molecule has 0 radical (unpaired) electrons. The Balaban J connectivity index is 2.38. The van der Waals surface area contributed by atoms with E-state index < -0.39 is 0 Å². The molecule has 0 aromatic carbocycles. The molecule has 0 N–H and O–H groups in total. The quantitative estimate of drug-likeness (QED) is 0.687. The number of rotatable bonds is 7. The van der Waals surface area contributed by atoms with Crippen molar-refractivity contribution < 1.29 is 0 Å². The highest BCUT2D eigenvalue weighted by atomic mass is 32.1. The Hall–Kier alpha value is 0.230. The van der Waals surface area contributed by atoms with E-state index in [4.69, 9.17) is 0 Å². The van der Waals surface area contributed by atoms with E-state index in [1.165, 1.54) is 38.9 Å². The zero-order valence-electron chi connectivity index (χ0n) is 10.9. The number of nitrogens with zero attached hydrogens (tertiary/aromatic N) is 3. The zero-order chi connectivity index (χ0) is 11.8. The van der Waals surface area contributed by atoms with E-state index in [0.717, 1.165) is 25.8 Å². The van der Waals surface area contributed by atoms with Gasteiger partial charge in [0.15, 0.2) is 0 Å². The second-order valence-electron chi connectivity index (χ2n) is 4.68. The molecule has 0 saturated carbocycles. The van der Waals surface area contributed by atoms with Crippen LogP contribution in [0.15, 0.2) is 0 Å². The lowest BCUT2D eigenvalue weighted by molar-refractivity contribution is -0.0287. The first-order valence-corrected chi connectivity index (χ1v) is 7.21. The molecule has 0 unspecified atom stereocenters. The van der Waals surface area contributed by atoms with E-state index in [2.05, 4.69) is 41.2 Å². The van der Waals surface area contributed by atoms with E-state index in [0.29, 0.717) is 0 Å². The number of hydrogen-bond acceptors (Lipinski definition) is 4. The molecule has 0 aromatic rings. The Bertz CT molecular complexity index is 164. The molecule has 1 aliphatic heterocycles. The minimum atomic E-state index is 0.998. The van der Waals surface area contributed by atoms with Gasteiger partial charge >= 0.3 is 0 Å². The highest BCUT2D eigenvalue weighted by Gasteiger charge is 2.21. The summed E-state index contributed by atoms with van der Waals surface area (Å²) >= 11 is 4.29. The molecule has 0 spiro atoms. The van der Waals surface area contributed by atoms with Gasteiger partial charge in [-0.1, -0.05) is 13.8 Å². The monoisotopic (exact) mass is 245 g/mol. The molecule has 16 heavy (non-hydrogen) atoms. The van der Waals surface area contributed by atoms with E-state index >= 15 is 0 Å². The van der Waals surface area contributed by atoms with Crippen LogP contribution in [0, 0.1) is 0 Å². The van der Waals surface area contributed by atoms with Crippen LogP contribution in [0.4, 0.5) is 0 Å². The van der Waals surface area contributed by atoms with Gasteiger partial charge in [-0.2, -0.15) is 12.6 Å². The summed E-state index contributed by atoms with van der Waals surface area (Å²) in [5, 5.41) is 0. The molecule has 3 nitrogen and oxygen atoms in total. The van der Waals surface area contributed by atoms with Crippen molar-refractivity contribution in [3.05, 3.63) is 0 Å². The molecule has 0 aromatic heterocycles. The lowest BCUT2D eigenvalue weighted by Gasteiger charge is -2.42. The van der Waals surface area contributed by atoms with E-state index in [1.807, 2.05) is 0 Å². The van der Waals surface area contributed by atoms with Crippen molar-refractivity contribution in [2.24, 2.45) is 0 Å². The Morgan fingerprint density at radius 1 is 0.812 bits per heavy atom. The summed E-state index contributed by atoms with van der Waals surface area (Å²) in [4.78, 5) is 7.65. The first-order chi connectivity index (χ1) is 7.80. The van der Waals surface area contributed by atoms with Gasteiger partial charge in [-0.25, -0.2) is 0 Å². The SMILES string of the molecule is CCCN1CN(CCC)CN(CCCS)C1. The fourth-order valence-electron chi connectivity index (χ4n) is 2.33. The van der Waals surface area contributed by atoms with Gasteiger partial charge in [0.25, 0.3) is 0 Å². The van der Waals surface area contributed by atoms with Crippen LogP contribution in [0.3, 0.4) is 0 Å². The van der Waals surface area contributed by atoms with E-state index in [-0.39, 0.29) is 0 Å². The van der Waals surface area contributed by atoms with Crippen LogP contribution in [-0.2, 0) is 0 Å².